The first-order valence-corrected chi connectivity index (χ1v) is 10.7. The third kappa shape index (κ3) is 3.41. The molecule has 0 amide bonds. The van der Waals surface area contributed by atoms with Crippen LogP contribution in [0.25, 0.3) is 0 Å². The lowest BCUT2D eigenvalue weighted by atomic mass is 9.47. The highest BCUT2D eigenvalue weighted by molar-refractivity contribution is 5.02. The Labute approximate surface area is 139 Å². The molecule has 0 aromatic rings. The van der Waals surface area contributed by atoms with Crippen LogP contribution in [0.3, 0.4) is 0 Å². The van der Waals surface area contributed by atoms with Gasteiger partial charge in [-0.25, -0.2) is 0 Å². The van der Waals surface area contributed by atoms with E-state index in [0.717, 1.165) is 22.7 Å². The van der Waals surface area contributed by atoms with Gasteiger partial charge in [-0.05, 0) is 80.5 Å². The lowest BCUT2D eigenvalue weighted by molar-refractivity contribution is -0.0649. The van der Waals surface area contributed by atoms with Crippen LogP contribution in [-0.4, -0.2) is 0 Å². The molecule has 0 aliphatic heterocycles. The van der Waals surface area contributed by atoms with Gasteiger partial charge in [0.15, 0.2) is 0 Å². The third-order valence-corrected chi connectivity index (χ3v) is 8.17. The van der Waals surface area contributed by atoms with Crippen molar-refractivity contribution in [1.29, 1.82) is 0 Å². The van der Waals surface area contributed by atoms with Crippen LogP contribution in [0, 0.1) is 22.7 Å². The van der Waals surface area contributed by atoms with Crippen LogP contribution in [0.15, 0.2) is 0 Å². The number of fused-ring (bicyclic) bond motifs is 3. The van der Waals surface area contributed by atoms with Crippen molar-refractivity contribution < 1.29 is 0 Å². The van der Waals surface area contributed by atoms with Crippen LogP contribution >= 0.6 is 0 Å². The molecular formula is C22H40. The van der Waals surface area contributed by atoms with Crippen LogP contribution in [0.2, 0.25) is 0 Å². The minimum Gasteiger partial charge on any atom is -0.0654 e. The summed E-state index contributed by atoms with van der Waals surface area (Å²) in [5.41, 5.74) is 1.61. The molecule has 4 fully saturated rings. The quantitative estimate of drug-likeness (QED) is 0.427. The van der Waals surface area contributed by atoms with Gasteiger partial charge >= 0.3 is 0 Å². The number of hydrogen-bond donors (Lipinski definition) is 0. The first-order valence-electron chi connectivity index (χ1n) is 10.7. The molecule has 0 aromatic heterocycles. The molecule has 0 radical (unpaired) electrons. The highest BCUT2D eigenvalue weighted by atomic mass is 14.6. The van der Waals surface area contributed by atoms with Gasteiger partial charge in [-0.2, -0.15) is 0 Å². The molecular weight excluding hydrogens is 264 g/mol. The molecule has 0 saturated heterocycles. The Bertz CT molecular complexity index is 309. The van der Waals surface area contributed by atoms with Gasteiger partial charge in [-0.15, -0.1) is 0 Å². The van der Waals surface area contributed by atoms with E-state index in [-0.39, 0.29) is 0 Å². The minimum atomic E-state index is 0.799. The first kappa shape index (κ1) is 16.8. The molecule has 0 nitrogen and oxygen atoms in total. The van der Waals surface area contributed by atoms with E-state index in [1.54, 1.807) is 64.2 Å². The molecule has 0 atom stereocenters. The molecule has 4 aliphatic carbocycles. The summed E-state index contributed by atoms with van der Waals surface area (Å²) in [5, 5.41) is 0. The smallest absolute Gasteiger partial charge is 0.0269 e. The van der Waals surface area contributed by atoms with Gasteiger partial charge in [-0.3, -0.25) is 0 Å². The summed E-state index contributed by atoms with van der Waals surface area (Å²) in [5.74, 6) is 2.19. The van der Waals surface area contributed by atoms with Crippen LogP contribution in [0.1, 0.15) is 117 Å². The zero-order chi connectivity index (χ0) is 15.5. The highest BCUT2D eigenvalue weighted by Gasteiger charge is 2.51. The molecule has 22 heavy (non-hydrogen) atoms. The lowest BCUT2D eigenvalue weighted by Gasteiger charge is -2.58. The molecule has 0 N–H and O–H groups in total. The zero-order valence-electron chi connectivity index (χ0n) is 15.5. The number of rotatable bonds is 7. The van der Waals surface area contributed by atoms with E-state index in [9.17, 15) is 0 Å². The summed E-state index contributed by atoms with van der Waals surface area (Å²) in [6.45, 7) is 4.73. The molecule has 4 saturated carbocycles. The summed E-state index contributed by atoms with van der Waals surface area (Å²) in [6, 6.07) is 0. The van der Waals surface area contributed by atoms with Gasteiger partial charge in [0, 0.05) is 0 Å². The van der Waals surface area contributed by atoms with Crippen molar-refractivity contribution in [3.63, 3.8) is 0 Å². The van der Waals surface area contributed by atoms with Crippen molar-refractivity contribution in [2.24, 2.45) is 22.7 Å². The predicted octanol–water partition coefficient (Wildman–Crippen LogP) is 7.51. The number of unbranched alkanes of at least 4 members (excludes halogenated alkanes) is 2. The fraction of sp³-hybridized carbons (Fsp3) is 1.00. The molecule has 2 bridgehead atoms. The Morgan fingerprint density at radius 1 is 0.727 bits per heavy atom. The maximum Gasteiger partial charge on any atom is -0.0269 e. The topological polar surface area (TPSA) is 0 Å². The van der Waals surface area contributed by atoms with Crippen molar-refractivity contribution in [3.05, 3.63) is 0 Å². The van der Waals surface area contributed by atoms with Gasteiger partial charge in [0.25, 0.3) is 0 Å². The molecule has 0 aromatic carbocycles. The summed E-state index contributed by atoms with van der Waals surface area (Å²) < 4.78 is 0. The second-order valence-electron chi connectivity index (χ2n) is 9.33. The van der Waals surface area contributed by atoms with Crippen molar-refractivity contribution in [3.8, 4) is 0 Å². The molecule has 0 heterocycles. The van der Waals surface area contributed by atoms with Crippen LogP contribution in [0.4, 0.5) is 0 Å². The summed E-state index contributed by atoms with van der Waals surface area (Å²) in [7, 11) is 0. The van der Waals surface area contributed by atoms with E-state index >= 15 is 0 Å². The maximum atomic E-state index is 2.39. The van der Waals surface area contributed by atoms with E-state index in [2.05, 4.69) is 13.8 Å². The van der Waals surface area contributed by atoms with E-state index in [1.807, 2.05) is 0 Å². The molecule has 0 heteroatoms. The third-order valence-electron chi connectivity index (χ3n) is 8.17. The largest absolute Gasteiger partial charge is 0.0654 e. The van der Waals surface area contributed by atoms with Crippen molar-refractivity contribution >= 4 is 0 Å². The summed E-state index contributed by atoms with van der Waals surface area (Å²) in [4.78, 5) is 0. The van der Waals surface area contributed by atoms with E-state index < -0.39 is 0 Å². The van der Waals surface area contributed by atoms with Crippen molar-refractivity contribution in [2.45, 2.75) is 117 Å². The Morgan fingerprint density at radius 2 is 1.36 bits per heavy atom. The molecule has 128 valence electrons. The minimum absolute atomic E-state index is 0.799. The van der Waals surface area contributed by atoms with Crippen molar-refractivity contribution in [2.75, 3.05) is 0 Å². The Hall–Kier alpha value is 0. The Kier molecular flexibility index (Phi) is 5.56. The first-order chi connectivity index (χ1) is 10.7. The second-order valence-corrected chi connectivity index (χ2v) is 9.33. The standard InChI is InChI=1S/C22H40/c1-3-5-6-7-19-8-10-20(11-9-19)22-16-13-21(12-4-2,14-17-22)15-18-22/h19-20H,3-18H2,1-2H3/t19-,20-,21?,22?. The van der Waals surface area contributed by atoms with Gasteiger partial charge in [-0.1, -0.05) is 58.8 Å². The van der Waals surface area contributed by atoms with E-state index in [4.69, 9.17) is 0 Å². The summed E-state index contributed by atoms with van der Waals surface area (Å²) >= 11 is 0. The van der Waals surface area contributed by atoms with Crippen LogP contribution < -0.4 is 0 Å². The average Bonchev–Trinajstić information content (AvgIpc) is 2.57. The van der Waals surface area contributed by atoms with Crippen LogP contribution in [0.5, 0.6) is 0 Å². The van der Waals surface area contributed by atoms with Gasteiger partial charge in [0.2, 0.25) is 0 Å². The van der Waals surface area contributed by atoms with Gasteiger partial charge in [0.1, 0.15) is 0 Å². The average molecular weight is 305 g/mol. The fourth-order valence-electron chi connectivity index (χ4n) is 6.56. The zero-order valence-corrected chi connectivity index (χ0v) is 15.5. The highest BCUT2D eigenvalue weighted by Crippen LogP contribution is 2.63. The predicted molar refractivity (Wildman–Crippen MR) is 97.1 cm³/mol. The van der Waals surface area contributed by atoms with Crippen LogP contribution in [-0.2, 0) is 0 Å². The molecule has 4 aliphatic rings. The van der Waals surface area contributed by atoms with Crippen molar-refractivity contribution in [1.82, 2.24) is 0 Å². The molecule has 4 rings (SSSR count). The second kappa shape index (κ2) is 7.27. The molecule has 0 spiro atoms. The Morgan fingerprint density at radius 3 is 1.91 bits per heavy atom. The number of hydrogen-bond acceptors (Lipinski definition) is 0. The fourth-order valence-corrected chi connectivity index (χ4v) is 6.56. The van der Waals surface area contributed by atoms with E-state index in [0.29, 0.717) is 0 Å². The molecule has 0 unspecified atom stereocenters. The van der Waals surface area contributed by atoms with Gasteiger partial charge in [0.05, 0.1) is 0 Å². The van der Waals surface area contributed by atoms with E-state index in [1.165, 1.54) is 38.5 Å². The SMILES string of the molecule is CCCCC[C@H]1CC[C@H](C23CCC(CCC)(CC2)CC3)CC1. The Balaban J connectivity index is 1.48. The maximum absolute atomic E-state index is 2.39. The lowest BCUT2D eigenvalue weighted by Crippen LogP contribution is -2.46. The summed E-state index contributed by atoms with van der Waals surface area (Å²) in [6.07, 6.45) is 24.6. The van der Waals surface area contributed by atoms with Gasteiger partial charge < -0.3 is 0 Å². The monoisotopic (exact) mass is 304 g/mol. The normalized spacial score (nSPS) is 41.7.